The molecule has 0 heterocycles. The average Bonchev–Trinajstić information content (AvgIpc) is 2.31. The van der Waals surface area contributed by atoms with E-state index in [2.05, 4.69) is 20.1 Å². The van der Waals surface area contributed by atoms with E-state index in [1.807, 2.05) is 39.8 Å². The SMILES string of the molecule is COCOc1cc(C)cc(NC(=O)OC(C)(C)C)[c]1[Sn]([CH3])([CH3])[CH3]. The molecule has 1 amide bonds. The average molecular weight is 430 g/mol. The molecule has 23 heavy (non-hydrogen) atoms. The van der Waals surface area contributed by atoms with E-state index >= 15 is 0 Å². The molecule has 5 nitrogen and oxygen atoms in total. The van der Waals surface area contributed by atoms with Gasteiger partial charge in [0.15, 0.2) is 0 Å². The van der Waals surface area contributed by atoms with Crippen molar-refractivity contribution in [3.8, 4) is 5.75 Å². The van der Waals surface area contributed by atoms with Crippen LogP contribution >= 0.6 is 0 Å². The van der Waals surface area contributed by atoms with Gasteiger partial charge in [-0.25, -0.2) is 0 Å². The van der Waals surface area contributed by atoms with E-state index in [0.717, 1.165) is 20.6 Å². The topological polar surface area (TPSA) is 56.8 Å². The van der Waals surface area contributed by atoms with Crippen LogP contribution in [-0.2, 0) is 9.47 Å². The molecule has 0 fully saturated rings. The maximum atomic E-state index is 12.2. The number of anilines is 1. The molecule has 1 aromatic carbocycles. The van der Waals surface area contributed by atoms with Gasteiger partial charge < -0.3 is 0 Å². The van der Waals surface area contributed by atoms with Gasteiger partial charge in [0.1, 0.15) is 0 Å². The number of carbonyl (C=O) groups is 1. The first-order chi connectivity index (χ1) is 10.4. The van der Waals surface area contributed by atoms with E-state index in [0.29, 0.717) is 0 Å². The first-order valence-corrected chi connectivity index (χ1v) is 17.7. The molecule has 130 valence electrons. The number of benzene rings is 1. The summed E-state index contributed by atoms with van der Waals surface area (Å²) in [5, 5.41) is 2.90. The van der Waals surface area contributed by atoms with E-state index in [9.17, 15) is 4.79 Å². The summed E-state index contributed by atoms with van der Waals surface area (Å²) < 4.78 is 17.3. The van der Waals surface area contributed by atoms with Crippen LogP contribution in [0.4, 0.5) is 10.5 Å². The van der Waals surface area contributed by atoms with Gasteiger partial charge in [-0.1, -0.05) is 0 Å². The number of nitrogens with one attached hydrogen (secondary N) is 1. The van der Waals surface area contributed by atoms with E-state index < -0.39 is 30.1 Å². The Labute approximate surface area is 143 Å². The second-order valence-electron chi connectivity index (χ2n) is 7.61. The van der Waals surface area contributed by atoms with Crippen LogP contribution in [0.3, 0.4) is 0 Å². The Balaban J connectivity index is 3.24. The normalized spacial score (nSPS) is 12.0. The van der Waals surface area contributed by atoms with Gasteiger partial charge in [-0.3, -0.25) is 0 Å². The van der Waals surface area contributed by atoms with Crippen molar-refractivity contribution in [2.75, 3.05) is 19.2 Å². The molecule has 0 bridgehead atoms. The Hall–Kier alpha value is -0.951. The van der Waals surface area contributed by atoms with Crippen LogP contribution in [-0.4, -0.2) is 44.0 Å². The van der Waals surface area contributed by atoms with Crippen molar-refractivity contribution < 1.29 is 19.0 Å². The van der Waals surface area contributed by atoms with Gasteiger partial charge in [-0.2, -0.15) is 0 Å². The van der Waals surface area contributed by atoms with E-state index in [1.165, 1.54) is 0 Å². The minimum absolute atomic E-state index is 0.185. The zero-order chi connectivity index (χ0) is 17.8. The third-order valence-electron chi connectivity index (χ3n) is 2.96. The number of hydrogen-bond acceptors (Lipinski definition) is 4. The number of rotatable bonds is 5. The summed E-state index contributed by atoms with van der Waals surface area (Å²) in [6.07, 6.45) is -0.447. The summed E-state index contributed by atoms with van der Waals surface area (Å²) in [5.74, 6) is 0.793. The molecule has 0 spiro atoms. The number of methoxy groups -OCH3 is 1. The molecule has 0 aliphatic rings. The quantitative estimate of drug-likeness (QED) is 0.570. The summed E-state index contributed by atoms with van der Waals surface area (Å²) >= 11 is -2.57. The molecule has 0 unspecified atom stereocenters. The van der Waals surface area contributed by atoms with Crippen LogP contribution in [0.1, 0.15) is 26.3 Å². The zero-order valence-corrected chi connectivity index (χ0v) is 18.3. The third kappa shape index (κ3) is 6.59. The van der Waals surface area contributed by atoms with Crippen LogP contribution in [0.25, 0.3) is 0 Å². The van der Waals surface area contributed by atoms with Crippen LogP contribution in [0.2, 0.25) is 14.8 Å². The summed E-state index contributed by atoms with van der Waals surface area (Å²) in [6.45, 7) is 7.70. The standard InChI is InChI=1S/C14H20NO4.3CH3.Sn/c1-10-6-11(8-12(7-10)18-9-17-5)15-13(16)19-14(2,3)4;;;;/h6-7H,9H2,1-5H3,(H,15,16);3*1H3;. The molecule has 6 heteroatoms. The summed E-state index contributed by atoms with van der Waals surface area (Å²) in [7, 11) is 1.59. The number of carbonyl (C=O) groups excluding carboxylic acids is 1. The summed E-state index contributed by atoms with van der Waals surface area (Å²) in [4.78, 5) is 19.0. The predicted octanol–water partition coefficient (Wildman–Crippen LogP) is 3.87. The molecule has 0 aromatic heterocycles. The maximum absolute atomic E-state index is 12.2. The Bertz CT molecular complexity index is 559. The molecule has 0 atom stereocenters. The number of ether oxygens (including phenoxy) is 3. The first kappa shape index (κ1) is 20.1. The summed E-state index contributed by atoms with van der Waals surface area (Å²) in [6, 6.07) is 3.97. The van der Waals surface area contributed by atoms with Crippen LogP contribution in [0.15, 0.2) is 12.1 Å². The van der Waals surface area contributed by atoms with Crippen LogP contribution < -0.4 is 13.6 Å². The van der Waals surface area contributed by atoms with Gasteiger partial charge in [-0.05, 0) is 0 Å². The second kappa shape index (κ2) is 7.75. The Morgan fingerprint density at radius 1 is 1.22 bits per heavy atom. The number of aryl methyl sites for hydroxylation is 1. The van der Waals surface area contributed by atoms with E-state index in [-0.39, 0.29) is 6.79 Å². The van der Waals surface area contributed by atoms with Crippen molar-refractivity contribution in [2.24, 2.45) is 0 Å². The van der Waals surface area contributed by atoms with Gasteiger partial charge in [0.05, 0.1) is 0 Å². The molecule has 1 aromatic rings. The van der Waals surface area contributed by atoms with Crippen LogP contribution in [0.5, 0.6) is 5.75 Å². The fourth-order valence-electron chi connectivity index (χ4n) is 2.28. The van der Waals surface area contributed by atoms with Gasteiger partial charge in [0.25, 0.3) is 0 Å². The van der Waals surface area contributed by atoms with Crippen LogP contribution in [0, 0.1) is 6.92 Å². The molecule has 1 N–H and O–H groups in total. The molecular weight excluding hydrogens is 401 g/mol. The molecule has 0 aliphatic carbocycles. The fraction of sp³-hybridized carbons (Fsp3) is 0.588. The molecule has 0 aliphatic heterocycles. The van der Waals surface area contributed by atoms with Crippen molar-refractivity contribution in [3.63, 3.8) is 0 Å². The number of hydrogen-bond donors (Lipinski definition) is 1. The number of amides is 1. The minimum atomic E-state index is -2.57. The van der Waals surface area contributed by atoms with E-state index in [1.54, 1.807) is 7.11 Å². The van der Waals surface area contributed by atoms with Crippen molar-refractivity contribution in [3.05, 3.63) is 17.7 Å². The fourth-order valence-corrected chi connectivity index (χ4v) is 7.49. The van der Waals surface area contributed by atoms with E-state index in [4.69, 9.17) is 14.2 Å². The summed E-state index contributed by atoms with van der Waals surface area (Å²) in [5.41, 5.74) is 1.27. The predicted molar refractivity (Wildman–Crippen MR) is 96.5 cm³/mol. The van der Waals surface area contributed by atoms with Gasteiger partial charge in [0.2, 0.25) is 0 Å². The molecule has 1 rings (SSSR count). The third-order valence-corrected chi connectivity index (χ3v) is 8.72. The Morgan fingerprint density at radius 3 is 2.30 bits per heavy atom. The molecular formula is C17H29NO4Sn. The molecule has 0 saturated heterocycles. The van der Waals surface area contributed by atoms with Crippen molar-refractivity contribution in [1.82, 2.24) is 0 Å². The van der Waals surface area contributed by atoms with Crippen molar-refractivity contribution in [1.29, 1.82) is 0 Å². The monoisotopic (exact) mass is 431 g/mol. The van der Waals surface area contributed by atoms with Crippen molar-refractivity contribution >= 4 is 33.7 Å². The van der Waals surface area contributed by atoms with Gasteiger partial charge in [0, 0.05) is 0 Å². The molecule has 0 saturated carbocycles. The second-order valence-corrected chi connectivity index (χ2v) is 21.9. The Kier molecular flexibility index (Phi) is 6.77. The molecule has 0 radical (unpaired) electrons. The van der Waals surface area contributed by atoms with Gasteiger partial charge in [-0.15, -0.1) is 0 Å². The Morgan fingerprint density at radius 2 is 1.83 bits per heavy atom. The zero-order valence-electron chi connectivity index (χ0n) is 15.5. The van der Waals surface area contributed by atoms with Crippen molar-refractivity contribution in [2.45, 2.75) is 48.1 Å². The van der Waals surface area contributed by atoms with Gasteiger partial charge >= 0.3 is 144 Å². The first-order valence-electron chi connectivity index (χ1n) is 7.71.